The number of nitrogens with two attached hydrogens (primary N) is 3. The predicted molar refractivity (Wildman–Crippen MR) is 115 cm³/mol. The Kier molecular flexibility index (Phi) is 6.33. The number of nitrogens with zero attached hydrogens (tertiary/aromatic N) is 4. The van der Waals surface area contributed by atoms with Crippen LogP contribution < -0.4 is 17.2 Å². The second-order valence-electron chi connectivity index (χ2n) is 6.57. The molecule has 1 fully saturated rings. The average molecular weight is 430 g/mol. The fourth-order valence-electron chi connectivity index (χ4n) is 3.05. The van der Waals surface area contributed by atoms with Crippen LogP contribution in [0.25, 0.3) is 0 Å². The van der Waals surface area contributed by atoms with Gasteiger partial charge in [-0.25, -0.2) is 13.4 Å². The van der Waals surface area contributed by atoms with Crippen LogP contribution in [0.1, 0.15) is 10.4 Å². The van der Waals surface area contributed by atoms with Gasteiger partial charge in [0.05, 0.1) is 10.6 Å². The lowest BCUT2D eigenvalue weighted by Gasteiger charge is -2.34. The van der Waals surface area contributed by atoms with Crippen molar-refractivity contribution in [1.82, 2.24) is 9.21 Å². The number of guanidine groups is 2. The van der Waals surface area contributed by atoms with Crippen molar-refractivity contribution in [3.63, 3.8) is 0 Å². The number of aliphatic imine (C=N–C) groups is 2. The van der Waals surface area contributed by atoms with Crippen molar-refractivity contribution in [2.24, 2.45) is 27.2 Å². The summed E-state index contributed by atoms with van der Waals surface area (Å²) in [5.74, 6) is -0.542. The fraction of sp³-hybridized carbons (Fsp3) is 0.211. The molecule has 0 spiro atoms. The zero-order chi connectivity index (χ0) is 21.7. The van der Waals surface area contributed by atoms with Gasteiger partial charge in [-0.05, 0) is 30.3 Å². The SMILES string of the molecule is NC(N)=NC(N)=Nc1cccc(S(=O)(=O)N2CCN(C(=O)c3ccccc3)CC2)c1. The van der Waals surface area contributed by atoms with Crippen molar-refractivity contribution >= 4 is 33.5 Å². The molecule has 6 N–H and O–H groups in total. The number of rotatable bonds is 4. The normalized spacial score (nSPS) is 15.6. The van der Waals surface area contributed by atoms with E-state index in [0.717, 1.165) is 0 Å². The molecule has 0 radical (unpaired) electrons. The zero-order valence-electron chi connectivity index (χ0n) is 16.2. The Morgan fingerprint density at radius 2 is 1.57 bits per heavy atom. The smallest absolute Gasteiger partial charge is 0.253 e. The van der Waals surface area contributed by atoms with Crippen molar-refractivity contribution in [3.05, 3.63) is 60.2 Å². The second-order valence-corrected chi connectivity index (χ2v) is 8.50. The van der Waals surface area contributed by atoms with Gasteiger partial charge in [0.25, 0.3) is 5.91 Å². The lowest BCUT2D eigenvalue weighted by Crippen LogP contribution is -2.50. The Hall–Kier alpha value is -3.44. The van der Waals surface area contributed by atoms with Crippen LogP contribution in [-0.2, 0) is 10.0 Å². The predicted octanol–water partition coefficient (Wildman–Crippen LogP) is 0.0529. The quantitative estimate of drug-likeness (QED) is 0.460. The molecule has 30 heavy (non-hydrogen) atoms. The Morgan fingerprint density at radius 3 is 2.20 bits per heavy atom. The van der Waals surface area contributed by atoms with E-state index in [0.29, 0.717) is 24.3 Å². The number of benzene rings is 2. The molecule has 0 aliphatic carbocycles. The summed E-state index contributed by atoms with van der Waals surface area (Å²) in [6.45, 7) is 1.01. The molecular weight excluding hydrogens is 406 g/mol. The largest absolute Gasteiger partial charge is 0.370 e. The maximum absolute atomic E-state index is 13.0. The van der Waals surface area contributed by atoms with Gasteiger partial charge in [0, 0.05) is 31.7 Å². The van der Waals surface area contributed by atoms with E-state index < -0.39 is 10.0 Å². The van der Waals surface area contributed by atoms with Gasteiger partial charge in [-0.15, -0.1) is 0 Å². The molecule has 1 aliphatic heterocycles. The van der Waals surface area contributed by atoms with E-state index in [2.05, 4.69) is 9.98 Å². The van der Waals surface area contributed by atoms with Crippen LogP contribution in [0.3, 0.4) is 0 Å². The molecule has 0 atom stereocenters. The van der Waals surface area contributed by atoms with Crippen LogP contribution in [0.5, 0.6) is 0 Å². The van der Waals surface area contributed by atoms with Crippen LogP contribution in [0, 0.1) is 0 Å². The highest BCUT2D eigenvalue weighted by atomic mass is 32.2. The summed E-state index contributed by atoms with van der Waals surface area (Å²) in [6.07, 6.45) is 0. The highest BCUT2D eigenvalue weighted by Crippen LogP contribution is 2.23. The molecule has 0 unspecified atom stereocenters. The number of sulfonamides is 1. The zero-order valence-corrected chi connectivity index (χ0v) is 17.0. The van der Waals surface area contributed by atoms with E-state index in [1.807, 2.05) is 6.07 Å². The first-order valence-corrected chi connectivity index (χ1v) is 10.6. The lowest BCUT2D eigenvalue weighted by atomic mass is 10.2. The molecule has 2 aromatic rings. The number of hydrogen-bond acceptors (Lipinski definition) is 4. The maximum atomic E-state index is 13.0. The van der Waals surface area contributed by atoms with E-state index in [4.69, 9.17) is 17.2 Å². The van der Waals surface area contributed by atoms with E-state index in [-0.39, 0.29) is 35.8 Å². The first-order chi connectivity index (χ1) is 14.3. The van der Waals surface area contributed by atoms with Gasteiger partial charge in [-0.2, -0.15) is 9.30 Å². The van der Waals surface area contributed by atoms with Crippen molar-refractivity contribution in [1.29, 1.82) is 0 Å². The standard InChI is InChI=1S/C19H23N7O3S/c20-18(21)24-19(22)23-15-7-4-8-16(13-15)30(28,29)26-11-9-25(10-12-26)17(27)14-5-2-1-3-6-14/h1-8,13H,9-12H2,(H6,20,21,22,23,24). The number of carbonyl (C=O) groups is 1. The second kappa shape index (κ2) is 8.93. The fourth-order valence-corrected chi connectivity index (χ4v) is 4.51. The molecule has 11 heteroatoms. The first kappa shape index (κ1) is 21.3. The highest BCUT2D eigenvalue weighted by Gasteiger charge is 2.30. The van der Waals surface area contributed by atoms with Crippen molar-refractivity contribution in [2.45, 2.75) is 4.90 Å². The topological polar surface area (TPSA) is 160 Å². The molecule has 0 saturated carbocycles. The molecule has 10 nitrogen and oxygen atoms in total. The summed E-state index contributed by atoms with van der Waals surface area (Å²) in [4.78, 5) is 21.9. The number of piperazine rings is 1. The summed E-state index contributed by atoms with van der Waals surface area (Å²) in [5, 5.41) is 0. The van der Waals surface area contributed by atoms with Gasteiger partial charge in [-0.1, -0.05) is 24.3 Å². The summed E-state index contributed by atoms with van der Waals surface area (Å²) < 4.78 is 27.4. The lowest BCUT2D eigenvalue weighted by molar-refractivity contribution is 0.0698. The van der Waals surface area contributed by atoms with Gasteiger partial charge in [0.2, 0.25) is 16.0 Å². The molecule has 3 rings (SSSR count). The van der Waals surface area contributed by atoms with Gasteiger partial charge in [-0.3, -0.25) is 4.79 Å². The van der Waals surface area contributed by atoms with Crippen LogP contribution >= 0.6 is 0 Å². The molecule has 158 valence electrons. The minimum absolute atomic E-state index is 0.0732. The summed E-state index contributed by atoms with van der Waals surface area (Å²) >= 11 is 0. The van der Waals surface area contributed by atoms with Gasteiger partial charge in [0.15, 0.2) is 5.96 Å². The molecule has 1 amide bonds. The molecule has 1 aliphatic rings. The van der Waals surface area contributed by atoms with Crippen LogP contribution in [0.2, 0.25) is 0 Å². The maximum Gasteiger partial charge on any atom is 0.253 e. The van der Waals surface area contributed by atoms with Gasteiger partial charge >= 0.3 is 0 Å². The minimum Gasteiger partial charge on any atom is -0.370 e. The van der Waals surface area contributed by atoms with Crippen LogP contribution in [-0.4, -0.2) is 61.6 Å². The monoisotopic (exact) mass is 429 g/mol. The highest BCUT2D eigenvalue weighted by molar-refractivity contribution is 7.89. The molecule has 0 bridgehead atoms. The van der Waals surface area contributed by atoms with Gasteiger partial charge in [0.1, 0.15) is 0 Å². The molecule has 1 saturated heterocycles. The van der Waals surface area contributed by atoms with Crippen LogP contribution in [0.15, 0.2) is 69.5 Å². The molecule has 2 aromatic carbocycles. The minimum atomic E-state index is -3.76. The van der Waals surface area contributed by atoms with Crippen molar-refractivity contribution in [2.75, 3.05) is 26.2 Å². The molecular formula is C19H23N7O3S. The third-order valence-corrected chi connectivity index (χ3v) is 6.38. The van der Waals surface area contributed by atoms with E-state index in [9.17, 15) is 13.2 Å². The summed E-state index contributed by atoms with van der Waals surface area (Å²) in [6, 6.07) is 14.9. The molecule has 0 aromatic heterocycles. The first-order valence-electron chi connectivity index (χ1n) is 9.16. The van der Waals surface area contributed by atoms with Crippen LogP contribution in [0.4, 0.5) is 5.69 Å². The Bertz CT molecular complexity index is 1070. The Morgan fingerprint density at radius 1 is 0.900 bits per heavy atom. The number of carbonyl (C=O) groups excluding carboxylic acids is 1. The van der Waals surface area contributed by atoms with E-state index >= 15 is 0 Å². The van der Waals surface area contributed by atoms with Crippen molar-refractivity contribution in [3.8, 4) is 0 Å². The number of hydrogen-bond donors (Lipinski definition) is 3. The Balaban J connectivity index is 1.72. The average Bonchev–Trinajstić information content (AvgIpc) is 2.73. The summed E-state index contributed by atoms with van der Waals surface area (Å²) in [7, 11) is -3.76. The van der Waals surface area contributed by atoms with E-state index in [1.165, 1.54) is 16.4 Å². The third kappa shape index (κ3) is 4.93. The summed E-state index contributed by atoms with van der Waals surface area (Å²) in [5.41, 5.74) is 17.0. The van der Waals surface area contributed by atoms with Crippen molar-refractivity contribution < 1.29 is 13.2 Å². The molecule has 1 heterocycles. The van der Waals surface area contributed by atoms with E-state index in [1.54, 1.807) is 41.3 Å². The third-order valence-electron chi connectivity index (χ3n) is 4.49. The number of amides is 1. The Labute approximate surface area is 174 Å². The van der Waals surface area contributed by atoms with Gasteiger partial charge < -0.3 is 22.1 Å².